The lowest BCUT2D eigenvalue weighted by molar-refractivity contribution is -0.123. The molecule has 2 aromatic rings. The molecule has 6 nitrogen and oxygen atoms in total. The van der Waals surface area contributed by atoms with Crippen molar-refractivity contribution >= 4 is 57.0 Å². The third-order valence-electron chi connectivity index (χ3n) is 5.61. The molecule has 3 saturated heterocycles. The minimum Gasteiger partial charge on any atom is -0.378 e. The highest BCUT2D eigenvalue weighted by Crippen LogP contribution is 2.35. The first-order chi connectivity index (χ1) is 14.7. The summed E-state index contributed by atoms with van der Waals surface area (Å²) < 4.78 is 11.8. The van der Waals surface area contributed by atoms with E-state index < -0.39 is 0 Å². The quantitative estimate of drug-likeness (QED) is 0.532. The van der Waals surface area contributed by atoms with E-state index in [1.165, 1.54) is 11.8 Å². The normalized spacial score (nSPS) is 23.9. The third kappa shape index (κ3) is 3.97. The van der Waals surface area contributed by atoms with Gasteiger partial charge in [-0.05, 0) is 31.1 Å². The van der Waals surface area contributed by atoms with Gasteiger partial charge in [-0.25, -0.2) is 4.98 Å². The second-order valence-corrected chi connectivity index (χ2v) is 9.30. The Balaban J connectivity index is 1.49. The van der Waals surface area contributed by atoms with Crippen LogP contribution >= 0.6 is 24.0 Å². The van der Waals surface area contributed by atoms with Gasteiger partial charge in [0.15, 0.2) is 0 Å². The summed E-state index contributed by atoms with van der Waals surface area (Å²) in [5.74, 6) is 0.850. The van der Waals surface area contributed by atoms with Gasteiger partial charge in [0.2, 0.25) is 0 Å². The first kappa shape index (κ1) is 19.9. The molecule has 3 aliphatic rings. The SMILES string of the molecule is O=C1/C(=C/c2cc3ccccc3nc2N2CCOCC2)SC(=S)N1C[C@H]1CCCO1. The monoisotopic (exact) mass is 441 g/mol. The maximum absolute atomic E-state index is 13.1. The fraction of sp³-hybridized carbons (Fsp3) is 0.409. The second kappa shape index (κ2) is 8.63. The Morgan fingerprint density at radius 3 is 2.87 bits per heavy atom. The van der Waals surface area contributed by atoms with Gasteiger partial charge < -0.3 is 14.4 Å². The van der Waals surface area contributed by atoms with Gasteiger partial charge in [-0.15, -0.1) is 0 Å². The van der Waals surface area contributed by atoms with Crippen LogP contribution in [0.5, 0.6) is 0 Å². The number of carbonyl (C=O) groups is 1. The van der Waals surface area contributed by atoms with Gasteiger partial charge in [-0.3, -0.25) is 9.69 Å². The average molecular weight is 442 g/mol. The minimum atomic E-state index is -0.0402. The standard InChI is InChI=1S/C22H23N3O3S2/c26-21-19(30-22(29)25(21)14-17-5-3-9-28-17)13-16-12-15-4-1-2-6-18(15)23-20(16)24-7-10-27-11-8-24/h1-2,4,6,12-13,17H,3,5,7-11,14H2/b19-13-/t17-/m1/s1. The number of ether oxygens (including phenoxy) is 2. The summed E-state index contributed by atoms with van der Waals surface area (Å²) in [7, 11) is 0. The zero-order valence-corrected chi connectivity index (χ0v) is 18.2. The lowest BCUT2D eigenvalue weighted by atomic mass is 10.1. The molecule has 156 valence electrons. The highest BCUT2D eigenvalue weighted by Gasteiger charge is 2.35. The molecule has 0 bridgehead atoms. The smallest absolute Gasteiger partial charge is 0.266 e. The summed E-state index contributed by atoms with van der Waals surface area (Å²) in [5.41, 5.74) is 1.88. The van der Waals surface area contributed by atoms with E-state index in [2.05, 4.69) is 11.0 Å². The first-order valence-electron chi connectivity index (χ1n) is 10.3. The van der Waals surface area contributed by atoms with Gasteiger partial charge >= 0.3 is 0 Å². The molecule has 1 aromatic carbocycles. The highest BCUT2D eigenvalue weighted by molar-refractivity contribution is 8.26. The number of fused-ring (bicyclic) bond motifs is 1. The lowest BCUT2D eigenvalue weighted by Crippen LogP contribution is -2.37. The molecule has 0 unspecified atom stereocenters. The molecule has 5 rings (SSSR count). The lowest BCUT2D eigenvalue weighted by Gasteiger charge is -2.29. The van der Waals surface area contributed by atoms with E-state index in [9.17, 15) is 4.79 Å². The summed E-state index contributed by atoms with van der Waals surface area (Å²) >= 11 is 6.87. The average Bonchev–Trinajstić information content (AvgIpc) is 3.38. The summed E-state index contributed by atoms with van der Waals surface area (Å²) in [6.07, 6.45) is 4.05. The Hall–Kier alpha value is -2.00. The Labute approximate surface area is 185 Å². The van der Waals surface area contributed by atoms with Crippen molar-refractivity contribution in [2.45, 2.75) is 18.9 Å². The molecule has 1 amide bonds. The van der Waals surface area contributed by atoms with Crippen LogP contribution in [0.4, 0.5) is 5.82 Å². The predicted molar refractivity (Wildman–Crippen MR) is 124 cm³/mol. The minimum absolute atomic E-state index is 0.0402. The van der Waals surface area contributed by atoms with Crippen LogP contribution in [0.3, 0.4) is 0 Å². The van der Waals surface area contributed by atoms with E-state index in [-0.39, 0.29) is 12.0 Å². The van der Waals surface area contributed by atoms with Crippen LogP contribution in [0.25, 0.3) is 17.0 Å². The van der Waals surface area contributed by atoms with E-state index in [0.717, 1.165) is 54.8 Å². The largest absolute Gasteiger partial charge is 0.378 e. The van der Waals surface area contributed by atoms with Crippen LogP contribution in [0.2, 0.25) is 0 Å². The van der Waals surface area contributed by atoms with Gasteiger partial charge in [0, 0.05) is 30.6 Å². The molecule has 1 atom stereocenters. The number of morpholine rings is 1. The molecule has 8 heteroatoms. The van der Waals surface area contributed by atoms with Crippen molar-refractivity contribution in [3.05, 3.63) is 40.8 Å². The molecule has 1 aromatic heterocycles. The number of para-hydroxylation sites is 1. The number of amides is 1. The maximum Gasteiger partial charge on any atom is 0.266 e. The van der Waals surface area contributed by atoms with Crippen LogP contribution in [0.1, 0.15) is 18.4 Å². The number of rotatable bonds is 4. The van der Waals surface area contributed by atoms with Crippen LogP contribution < -0.4 is 4.90 Å². The molecular weight excluding hydrogens is 418 g/mol. The first-order valence-corrected chi connectivity index (χ1v) is 11.5. The van der Waals surface area contributed by atoms with Crippen molar-refractivity contribution in [1.29, 1.82) is 0 Å². The maximum atomic E-state index is 13.1. The Morgan fingerprint density at radius 1 is 1.23 bits per heavy atom. The Bertz CT molecular complexity index is 1010. The summed E-state index contributed by atoms with van der Waals surface area (Å²) in [5, 5.41) is 1.05. The van der Waals surface area contributed by atoms with Crippen molar-refractivity contribution in [1.82, 2.24) is 9.88 Å². The van der Waals surface area contributed by atoms with E-state index >= 15 is 0 Å². The number of thiocarbonyl (C=S) groups is 1. The van der Waals surface area contributed by atoms with Crippen molar-refractivity contribution in [2.75, 3.05) is 44.4 Å². The number of hydrogen-bond donors (Lipinski definition) is 0. The van der Waals surface area contributed by atoms with Gasteiger partial charge in [0.05, 0.1) is 36.3 Å². The Morgan fingerprint density at radius 2 is 2.07 bits per heavy atom. The topological polar surface area (TPSA) is 54.9 Å². The van der Waals surface area contributed by atoms with Crippen LogP contribution in [-0.4, -0.2) is 65.7 Å². The van der Waals surface area contributed by atoms with E-state index in [4.69, 9.17) is 26.7 Å². The summed E-state index contributed by atoms with van der Waals surface area (Å²) in [6.45, 7) is 4.22. The van der Waals surface area contributed by atoms with E-state index in [1.54, 1.807) is 4.90 Å². The fourth-order valence-corrected chi connectivity index (χ4v) is 5.31. The van der Waals surface area contributed by atoms with E-state index in [1.807, 2.05) is 30.3 Å². The van der Waals surface area contributed by atoms with Crippen molar-refractivity contribution in [3.63, 3.8) is 0 Å². The van der Waals surface area contributed by atoms with Crippen LogP contribution in [0, 0.1) is 0 Å². The molecule has 3 aliphatic heterocycles. The summed E-state index contributed by atoms with van der Waals surface area (Å²) in [4.78, 5) is 22.6. The third-order valence-corrected chi connectivity index (χ3v) is 6.99. The number of aromatic nitrogens is 1. The number of nitrogens with zero attached hydrogens (tertiary/aromatic N) is 3. The van der Waals surface area contributed by atoms with E-state index in [0.29, 0.717) is 29.0 Å². The molecular formula is C22H23N3O3S2. The van der Waals surface area contributed by atoms with Crippen LogP contribution in [0.15, 0.2) is 35.2 Å². The molecule has 30 heavy (non-hydrogen) atoms. The Kier molecular flexibility index (Phi) is 5.73. The predicted octanol–water partition coefficient (Wildman–Crippen LogP) is 3.45. The molecule has 3 fully saturated rings. The number of thioether (sulfide) groups is 1. The van der Waals surface area contributed by atoms with Crippen molar-refractivity contribution in [2.24, 2.45) is 0 Å². The molecule has 0 radical (unpaired) electrons. The summed E-state index contributed by atoms with van der Waals surface area (Å²) in [6, 6.07) is 10.2. The van der Waals surface area contributed by atoms with Gasteiger partial charge in [0.1, 0.15) is 10.1 Å². The number of anilines is 1. The number of benzene rings is 1. The highest BCUT2D eigenvalue weighted by atomic mass is 32.2. The van der Waals surface area contributed by atoms with Gasteiger partial charge in [0.25, 0.3) is 5.91 Å². The second-order valence-electron chi connectivity index (χ2n) is 7.62. The number of pyridine rings is 1. The van der Waals surface area contributed by atoms with Crippen molar-refractivity contribution < 1.29 is 14.3 Å². The molecule has 4 heterocycles. The van der Waals surface area contributed by atoms with Crippen molar-refractivity contribution in [3.8, 4) is 0 Å². The van der Waals surface area contributed by atoms with Gasteiger partial charge in [-0.1, -0.05) is 42.2 Å². The van der Waals surface area contributed by atoms with Crippen LogP contribution in [-0.2, 0) is 14.3 Å². The number of hydrogen-bond acceptors (Lipinski definition) is 7. The molecule has 0 aliphatic carbocycles. The molecule has 0 saturated carbocycles. The molecule has 0 N–H and O–H groups in total. The van der Waals surface area contributed by atoms with Gasteiger partial charge in [-0.2, -0.15) is 0 Å². The zero-order chi connectivity index (χ0) is 20.5. The number of carbonyl (C=O) groups excluding carboxylic acids is 1. The fourth-order valence-electron chi connectivity index (χ4n) is 4.05. The molecule has 0 spiro atoms. The zero-order valence-electron chi connectivity index (χ0n) is 16.6.